The Morgan fingerprint density at radius 1 is 1.28 bits per heavy atom. The third-order valence-corrected chi connectivity index (χ3v) is 3.50. The Morgan fingerprint density at radius 2 is 2.11 bits per heavy atom. The lowest BCUT2D eigenvalue weighted by atomic mass is 10.1. The van der Waals surface area contributed by atoms with E-state index < -0.39 is 17.5 Å². The number of nitrogens with zero attached hydrogens (tertiary/aromatic N) is 1. The number of hydrogen-bond acceptors (Lipinski definition) is 3. The fraction of sp³-hybridized carbons (Fsp3) is 0. The maximum Gasteiger partial charge on any atom is 0.282 e. The van der Waals surface area contributed by atoms with Crippen molar-refractivity contribution in [2.45, 2.75) is 0 Å². The van der Waals surface area contributed by atoms with E-state index in [1.807, 2.05) is 0 Å². The Kier molecular flexibility index (Phi) is 2.41. The fourth-order valence-electron chi connectivity index (χ4n) is 1.84. The van der Waals surface area contributed by atoms with Crippen LogP contribution in [0.3, 0.4) is 0 Å². The first-order valence-electron chi connectivity index (χ1n) is 5.18. The summed E-state index contributed by atoms with van der Waals surface area (Å²) in [6.07, 6.45) is 0. The van der Waals surface area contributed by atoms with Gasteiger partial charge >= 0.3 is 0 Å². The quantitative estimate of drug-likeness (QED) is 0.758. The van der Waals surface area contributed by atoms with E-state index >= 15 is 0 Å². The maximum atomic E-state index is 13.2. The standard InChI is InChI=1S/C13H6FNO2S/c14-7-3-4-9-8(6-7)11(13(17)15-9)12(16)10-2-1-5-18-10/h1-6H. The van der Waals surface area contributed by atoms with Crippen LogP contribution in [-0.2, 0) is 4.79 Å². The van der Waals surface area contributed by atoms with Gasteiger partial charge in [0.25, 0.3) is 5.91 Å². The van der Waals surface area contributed by atoms with Crippen LogP contribution >= 0.6 is 11.3 Å². The molecule has 0 spiro atoms. The van der Waals surface area contributed by atoms with Gasteiger partial charge in [-0.1, -0.05) is 6.07 Å². The normalized spacial score (nSPS) is 13.4. The molecule has 0 saturated heterocycles. The zero-order chi connectivity index (χ0) is 12.7. The van der Waals surface area contributed by atoms with Crippen LogP contribution in [0.15, 0.2) is 40.7 Å². The van der Waals surface area contributed by atoms with E-state index in [-0.39, 0.29) is 10.8 Å². The Balaban J connectivity index is 2.29. The molecule has 1 amide bonds. The van der Waals surface area contributed by atoms with Crippen molar-refractivity contribution in [3.05, 3.63) is 57.0 Å². The second-order valence-corrected chi connectivity index (χ2v) is 4.71. The van der Waals surface area contributed by atoms with Gasteiger partial charge in [0.2, 0.25) is 5.78 Å². The number of amides is 1. The summed E-state index contributed by atoms with van der Waals surface area (Å²) < 4.78 is 13.2. The predicted octanol–water partition coefficient (Wildman–Crippen LogP) is 1.08. The van der Waals surface area contributed by atoms with Gasteiger partial charge in [-0.25, -0.2) is 9.38 Å². The summed E-state index contributed by atoms with van der Waals surface area (Å²) in [7, 11) is 0. The second kappa shape index (κ2) is 3.96. The number of ketones is 1. The van der Waals surface area contributed by atoms with Gasteiger partial charge < -0.3 is 0 Å². The van der Waals surface area contributed by atoms with Crippen molar-refractivity contribution in [1.82, 2.24) is 0 Å². The van der Waals surface area contributed by atoms with Crippen molar-refractivity contribution in [2.24, 2.45) is 4.99 Å². The number of carbonyl (C=O) groups excluding carboxylic acids is 2. The van der Waals surface area contributed by atoms with E-state index in [9.17, 15) is 14.0 Å². The molecule has 3 rings (SSSR count). The molecule has 0 unspecified atom stereocenters. The molecule has 1 aromatic carbocycles. The number of benzene rings is 1. The maximum absolute atomic E-state index is 13.2. The molecule has 1 aliphatic heterocycles. The largest absolute Gasteiger partial charge is 0.287 e. The molecule has 0 saturated carbocycles. The molecule has 88 valence electrons. The SMILES string of the molecule is O=C1N=c2ccc(F)cc2=C1C(=O)c1cccs1. The average Bonchev–Trinajstić information content (AvgIpc) is 2.94. The van der Waals surface area contributed by atoms with Gasteiger partial charge in [-0.15, -0.1) is 11.3 Å². The summed E-state index contributed by atoms with van der Waals surface area (Å²) in [6.45, 7) is 0. The summed E-state index contributed by atoms with van der Waals surface area (Å²) in [5.41, 5.74) is -0.0491. The summed E-state index contributed by atoms with van der Waals surface area (Å²) in [6, 6.07) is 7.14. The molecule has 3 nitrogen and oxygen atoms in total. The van der Waals surface area contributed by atoms with Crippen LogP contribution in [0.2, 0.25) is 0 Å². The van der Waals surface area contributed by atoms with Crippen LogP contribution in [0.1, 0.15) is 9.67 Å². The number of carbonyl (C=O) groups is 2. The molecule has 0 fully saturated rings. The number of rotatable bonds is 2. The van der Waals surface area contributed by atoms with Crippen LogP contribution in [0.25, 0.3) is 5.57 Å². The summed E-state index contributed by atoms with van der Waals surface area (Å²) >= 11 is 1.24. The highest BCUT2D eigenvalue weighted by atomic mass is 32.1. The Morgan fingerprint density at radius 3 is 2.83 bits per heavy atom. The number of halogens is 1. The molecule has 0 radical (unpaired) electrons. The van der Waals surface area contributed by atoms with E-state index in [1.54, 1.807) is 17.5 Å². The molecule has 0 N–H and O–H groups in total. The van der Waals surface area contributed by atoms with Gasteiger partial charge in [-0.05, 0) is 29.6 Å². The van der Waals surface area contributed by atoms with Gasteiger partial charge in [0, 0.05) is 5.22 Å². The highest BCUT2D eigenvalue weighted by molar-refractivity contribution is 7.12. The second-order valence-electron chi connectivity index (χ2n) is 3.76. The Labute approximate surface area is 105 Å². The van der Waals surface area contributed by atoms with Crippen molar-refractivity contribution in [1.29, 1.82) is 0 Å². The third-order valence-electron chi connectivity index (χ3n) is 2.64. The minimum atomic E-state index is -0.603. The lowest BCUT2D eigenvalue weighted by Gasteiger charge is -1.96. The van der Waals surface area contributed by atoms with Crippen LogP contribution in [0.4, 0.5) is 4.39 Å². The molecule has 5 heteroatoms. The van der Waals surface area contributed by atoms with Crippen LogP contribution in [-0.4, -0.2) is 11.7 Å². The van der Waals surface area contributed by atoms with Crippen molar-refractivity contribution in [3.8, 4) is 0 Å². The average molecular weight is 259 g/mol. The number of thiophene rings is 1. The molecule has 0 aliphatic carbocycles. The minimum Gasteiger partial charge on any atom is -0.287 e. The van der Waals surface area contributed by atoms with E-state index in [4.69, 9.17) is 0 Å². The molecular formula is C13H6FNO2S. The zero-order valence-corrected chi connectivity index (χ0v) is 9.83. The molecule has 0 bridgehead atoms. The monoisotopic (exact) mass is 259 g/mol. The molecule has 18 heavy (non-hydrogen) atoms. The van der Waals surface area contributed by atoms with Gasteiger partial charge in [0.05, 0.1) is 10.2 Å². The Hall–Kier alpha value is -2.14. The van der Waals surface area contributed by atoms with E-state index in [2.05, 4.69) is 4.99 Å². The van der Waals surface area contributed by atoms with Crippen LogP contribution < -0.4 is 10.6 Å². The van der Waals surface area contributed by atoms with E-state index in [0.717, 1.165) is 0 Å². The highest BCUT2D eigenvalue weighted by Crippen LogP contribution is 2.16. The lowest BCUT2D eigenvalue weighted by molar-refractivity contribution is -0.112. The smallest absolute Gasteiger partial charge is 0.282 e. The topological polar surface area (TPSA) is 46.5 Å². The number of hydrogen-bond donors (Lipinski definition) is 0. The Bertz CT molecular complexity index is 778. The van der Waals surface area contributed by atoms with Gasteiger partial charge in [-0.3, -0.25) is 9.59 Å². The van der Waals surface area contributed by atoms with Crippen molar-refractivity contribution in [3.63, 3.8) is 0 Å². The number of Topliss-reactive ketones (excluding diaryl/α,β-unsaturated/α-hetero) is 1. The summed E-state index contributed by atoms with van der Waals surface area (Å²) in [5, 5.41) is 2.37. The minimum absolute atomic E-state index is 0.0491. The highest BCUT2D eigenvalue weighted by Gasteiger charge is 2.25. The molecular weight excluding hydrogens is 253 g/mol. The summed E-state index contributed by atoms with van der Waals surface area (Å²) in [5.74, 6) is -1.49. The van der Waals surface area contributed by atoms with Crippen LogP contribution in [0, 0.1) is 5.82 Å². The summed E-state index contributed by atoms with van der Waals surface area (Å²) in [4.78, 5) is 28.1. The molecule has 1 aromatic heterocycles. The first kappa shape index (κ1) is 11.0. The molecule has 1 aliphatic rings. The lowest BCUT2D eigenvalue weighted by Crippen LogP contribution is -2.25. The van der Waals surface area contributed by atoms with Gasteiger partial charge in [-0.2, -0.15) is 0 Å². The van der Waals surface area contributed by atoms with Crippen molar-refractivity contribution >= 4 is 28.6 Å². The number of fused-ring (bicyclic) bond motifs is 1. The predicted molar refractivity (Wildman–Crippen MR) is 64.2 cm³/mol. The molecule has 2 aromatic rings. The van der Waals surface area contributed by atoms with E-state index in [0.29, 0.717) is 10.2 Å². The van der Waals surface area contributed by atoms with Crippen LogP contribution in [0.5, 0.6) is 0 Å². The first-order chi connectivity index (χ1) is 8.66. The van der Waals surface area contributed by atoms with Crippen molar-refractivity contribution in [2.75, 3.05) is 0 Å². The zero-order valence-electron chi connectivity index (χ0n) is 9.01. The fourth-order valence-corrected chi connectivity index (χ4v) is 2.51. The van der Waals surface area contributed by atoms with Gasteiger partial charge in [0.15, 0.2) is 0 Å². The molecule has 0 atom stereocenters. The first-order valence-corrected chi connectivity index (χ1v) is 6.06. The molecule has 2 heterocycles. The van der Waals surface area contributed by atoms with Crippen molar-refractivity contribution < 1.29 is 14.0 Å². The van der Waals surface area contributed by atoms with Gasteiger partial charge in [0.1, 0.15) is 11.4 Å². The van der Waals surface area contributed by atoms with E-state index in [1.165, 1.54) is 29.5 Å². The third kappa shape index (κ3) is 1.60.